The quantitative estimate of drug-likeness (QED) is 0.329. The zero-order valence-corrected chi connectivity index (χ0v) is 22.7. The zero-order valence-electron chi connectivity index (χ0n) is 21.9. The lowest BCUT2D eigenvalue weighted by Crippen LogP contribution is -2.51. The first-order chi connectivity index (χ1) is 17.6. The predicted molar refractivity (Wildman–Crippen MR) is 135 cm³/mol. The number of piperidine rings is 1. The number of hydrogen-bond donors (Lipinski definition) is 0. The maximum Gasteiger partial charge on any atom is 0.306 e. The fourth-order valence-corrected chi connectivity index (χ4v) is 5.24. The molecule has 0 spiro atoms. The molecule has 0 aliphatic carbocycles. The summed E-state index contributed by atoms with van der Waals surface area (Å²) in [6, 6.07) is 5.67. The number of carbonyl (C=O) groups excluding carboxylic acids is 3. The number of esters is 1. The number of carbonyl (C=O) groups is 3. The molecule has 0 atom stereocenters. The highest BCUT2D eigenvalue weighted by molar-refractivity contribution is 7.89. The van der Waals surface area contributed by atoms with Crippen molar-refractivity contribution in [3.63, 3.8) is 0 Å². The van der Waals surface area contributed by atoms with Gasteiger partial charge in [-0.15, -0.1) is 0 Å². The normalized spacial score (nSPS) is 14.6. The van der Waals surface area contributed by atoms with Crippen molar-refractivity contribution >= 4 is 27.8 Å². The van der Waals surface area contributed by atoms with E-state index in [4.69, 9.17) is 9.47 Å². The fourth-order valence-electron chi connectivity index (χ4n) is 4.21. The number of methoxy groups -OCH3 is 1. The summed E-state index contributed by atoms with van der Waals surface area (Å²) in [5.74, 6) is -1.56. The van der Waals surface area contributed by atoms with Crippen LogP contribution in [-0.4, -0.2) is 98.6 Å². The molecular weight excluding hydrogens is 505 g/mol. The fraction of sp³-hybridized carbons (Fsp3) is 0.640. The summed E-state index contributed by atoms with van der Waals surface area (Å²) in [6.07, 6.45) is 1.02. The van der Waals surface area contributed by atoms with E-state index >= 15 is 0 Å². The Morgan fingerprint density at radius 2 is 1.84 bits per heavy atom. The van der Waals surface area contributed by atoms with Crippen LogP contribution in [0.3, 0.4) is 0 Å². The Morgan fingerprint density at radius 3 is 2.43 bits per heavy atom. The molecule has 10 nitrogen and oxygen atoms in total. The van der Waals surface area contributed by atoms with Crippen LogP contribution < -0.4 is 0 Å². The number of likely N-dealkylation sites (tertiary alicyclic amines) is 1. The Balaban J connectivity index is 2.14. The molecule has 0 saturated carbocycles. The summed E-state index contributed by atoms with van der Waals surface area (Å²) in [6.45, 7) is 4.20. The number of rotatable bonds is 14. The van der Waals surface area contributed by atoms with Crippen LogP contribution in [0.4, 0.5) is 4.39 Å². The Labute approximate surface area is 218 Å². The van der Waals surface area contributed by atoms with Crippen LogP contribution in [0.2, 0.25) is 0 Å². The van der Waals surface area contributed by atoms with Gasteiger partial charge in [0.2, 0.25) is 21.8 Å². The molecule has 0 unspecified atom stereocenters. The number of nitrogens with zero attached hydrogens (tertiary/aromatic N) is 3. The molecule has 1 saturated heterocycles. The zero-order chi connectivity index (χ0) is 27.4. The van der Waals surface area contributed by atoms with Crippen LogP contribution in [0.1, 0.15) is 45.1 Å². The van der Waals surface area contributed by atoms with E-state index in [0.29, 0.717) is 31.5 Å². The van der Waals surface area contributed by atoms with Crippen molar-refractivity contribution in [2.45, 2.75) is 52.1 Å². The maximum atomic E-state index is 13.8. The van der Waals surface area contributed by atoms with Gasteiger partial charge in [0, 0.05) is 45.8 Å². The average Bonchev–Trinajstić information content (AvgIpc) is 2.88. The summed E-state index contributed by atoms with van der Waals surface area (Å²) in [5.41, 5.74) is 0.586. The van der Waals surface area contributed by atoms with Crippen molar-refractivity contribution < 1.29 is 36.7 Å². The van der Waals surface area contributed by atoms with Crippen LogP contribution in [0, 0.1) is 5.82 Å². The molecule has 37 heavy (non-hydrogen) atoms. The SMILES string of the molecule is CCOC(=O)CCC(=O)N1CCC(N(Cc2cccc(F)c2)C(=O)CN(CCOC)S(=O)(=O)CC)CC1. The molecule has 1 aromatic rings. The van der Waals surface area contributed by atoms with E-state index in [-0.39, 0.29) is 63.4 Å². The van der Waals surface area contributed by atoms with Gasteiger partial charge >= 0.3 is 5.97 Å². The van der Waals surface area contributed by atoms with E-state index < -0.39 is 27.7 Å². The largest absolute Gasteiger partial charge is 0.466 e. The van der Waals surface area contributed by atoms with Gasteiger partial charge in [0.1, 0.15) is 5.82 Å². The van der Waals surface area contributed by atoms with Gasteiger partial charge in [0.15, 0.2) is 0 Å². The molecule has 12 heteroatoms. The van der Waals surface area contributed by atoms with Gasteiger partial charge < -0.3 is 19.3 Å². The van der Waals surface area contributed by atoms with Crippen LogP contribution in [0.15, 0.2) is 24.3 Å². The van der Waals surface area contributed by atoms with Crippen LogP contribution in [0.25, 0.3) is 0 Å². The van der Waals surface area contributed by atoms with Crippen molar-refractivity contribution in [2.75, 3.05) is 52.3 Å². The summed E-state index contributed by atoms with van der Waals surface area (Å²) in [4.78, 5) is 40.8. The number of ether oxygens (including phenoxy) is 2. The summed E-state index contributed by atoms with van der Waals surface area (Å²) in [5, 5.41) is 0. The summed E-state index contributed by atoms with van der Waals surface area (Å²) in [7, 11) is -2.20. The second kappa shape index (κ2) is 15.0. The molecular formula is C25H38FN3O7S. The third-order valence-corrected chi connectivity index (χ3v) is 8.11. The second-order valence-corrected chi connectivity index (χ2v) is 11.1. The molecule has 1 aliphatic heterocycles. The standard InChI is InChI=1S/C25H38FN3O7S/c1-4-36-25(32)10-9-23(30)27-13-11-22(12-14-27)29(18-20-7-6-8-21(26)17-20)24(31)19-28(15-16-35-3)37(33,34)5-2/h6-8,17,22H,4-5,9-16,18-19H2,1-3H3. The van der Waals surface area contributed by atoms with E-state index in [1.807, 2.05) is 0 Å². The lowest BCUT2D eigenvalue weighted by atomic mass is 10.0. The number of amides is 2. The average molecular weight is 544 g/mol. The summed E-state index contributed by atoms with van der Waals surface area (Å²) < 4.78 is 50.0. The highest BCUT2D eigenvalue weighted by atomic mass is 32.2. The van der Waals surface area contributed by atoms with Crippen LogP contribution >= 0.6 is 0 Å². The molecule has 2 rings (SSSR count). The lowest BCUT2D eigenvalue weighted by molar-refractivity contribution is -0.146. The van der Waals surface area contributed by atoms with Gasteiger partial charge in [0.05, 0.1) is 31.9 Å². The minimum Gasteiger partial charge on any atom is -0.466 e. The van der Waals surface area contributed by atoms with E-state index in [1.54, 1.807) is 28.9 Å². The minimum atomic E-state index is -3.65. The first-order valence-corrected chi connectivity index (χ1v) is 14.2. The van der Waals surface area contributed by atoms with Crippen molar-refractivity contribution in [3.8, 4) is 0 Å². The van der Waals surface area contributed by atoms with E-state index in [2.05, 4.69) is 0 Å². The van der Waals surface area contributed by atoms with Crippen molar-refractivity contribution in [1.82, 2.24) is 14.1 Å². The number of halogens is 1. The van der Waals surface area contributed by atoms with Gasteiger partial charge in [-0.1, -0.05) is 12.1 Å². The Kier molecular flexibility index (Phi) is 12.4. The highest BCUT2D eigenvalue weighted by Crippen LogP contribution is 2.21. The summed E-state index contributed by atoms with van der Waals surface area (Å²) >= 11 is 0. The van der Waals surface area contributed by atoms with E-state index in [9.17, 15) is 27.2 Å². The molecule has 0 N–H and O–H groups in total. The molecule has 2 amide bonds. The molecule has 1 heterocycles. The number of sulfonamides is 1. The molecule has 0 aromatic heterocycles. The Hall–Kier alpha value is -2.57. The first-order valence-electron chi connectivity index (χ1n) is 12.5. The van der Waals surface area contributed by atoms with Gasteiger partial charge in [0.25, 0.3) is 0 Å². The molecule has 1 aromatic carbocycles. The number of benzene rings is 1. The third-order valence-electron chi connectivity index (χ3n) is 6.28. The van der Waals surface area contributed by atoms with Gasteiger partial charge in [-0.25, -0.2) is 12.8 Å². The van der Waals surface area contributed by atoms with Crippen molar-refractivity contribution in [3.05, 3.63) is 35.6 Å². The first kappa shape index (κ1) is 30.7. The topological polar surface area (TPSA) is 114 Å². The minimum absolute atomic E-state index is 0.0139. The van der Waals surface area contributed by atoms with Crippen molar-refractivity contribution in [1.29, 1.82) is 0 Å². The van der Waals surface area contributed by atoms with Gasteiger partial charge in [-0.3, -0.25) is 14.4 Å². The smallest absolute Gasteiger partial charge is 0.306 e. The second-order valence-electron chi connectivity index (χ2n) is 8.80. The monoisotopic (exact) mass is 543 g/mol. The Bertz CT molecular complexity index is 1010. The maximum absolute atomic E-state index is 13.8. The van der Waals surface area contributed by atoms with E-state index in [1.165, 1.54) is 26.2 Å². The molecule has 0 radical (unpaired) electrons. The van der Waals surface area contributed by atoms with Crippen molar-refractivity contribution in [2.24, 2.45) is 0 Å². The molecule has 1 fully saturated rings. The molecule has 1 aliphatic rings. The predicted octanol–water partition coefficient (Wildman–Crippen LogP) is 1.79. The van der Waals surface area contributed by atoms with Crippen LogP contribution in [0.5, 0.6) is 0 Å². The number of hydrogen-bond acceptors (Lipinski definition) is 7. The molecule has 0 bridgehead atoms. The van der Waals surface area contributed by atoms with Gasteiger partial charge in [-0.2, -0.15) is 4.31 Å². The van der Waals surface area contributed by atoms with Gasteiger partial charge in [-0.05, 0) is 44.4 Å². The van der Waals surface area contributed by atoms with E-state index in [0.717, 1.165) is 4.31 Å². The highest BCUT2D eigenvalue weighted by Gasteiger charge is 2.32. The lowest BCUT2D eigenvalue weighted by Gasteiger charge is -2.39. The Morgan fingerprint density at radius 1 is 1.14 bits per heavy atom. The third kappa shape index (κ3) is 9.67. The molecule has 208 valence electrons. The van der Waals surface area contributed by atoms with Crippen LogP contribution in [-0.2, 0) is 40.4 Å².